The number of anilines is 1. The number of fused-ring (bicyclic) bond motifs is 1. The number of carbonyl (C=O) groups excluding carboxylic acids is 1. The summed E-state index contributed by atoms with van der Waals surface area (Å²) in [4.78, 5) is 20.9. The molecule has 2 aliphatic heterocycles. The molecule has 1 saturated heterocycles. The van der Waals surface area contributed by atoms with Crippen molar-refractivity contribution < 1.29 is 4.79 Å². The first kappa shape index (κ1) is 20.4. The Kier molecular flexibility index (Phi) is 5.79. The number of aromatic nitrogens is 2. The zero-order valence-corrected chi connectivity index (χ0v) is 18.5. The normalized spacial score (nSPS) is 19.0. The molecule has 7 nitrogen and oxygen atoms in total. The van der Waals surface area contributed by atoms with E-state index in [-0.39, 0.29) is 0 Å². The minimum absolute atomic E-state index is 0.304. The summed E-state index contributed by atoms with van der Waals surface area (Å²) in [5.41, 5.74) is 6.00. The van der Waals surface area contributed by atoms with Crippen molar-refractivity contribution in [2.75, 3.05) is 31.6 Å². The molecule has 1 N–H and O–H groups in total. The number of likely N-dealkylation sites (tertiary alicyclic amines) is 1. The number of hydrogen-bond acceptors (Lipinski definition) is 3. The Morgan fingerprint density at radius 2 is 2.10 bits per heavy atom. The number of benzene rings is 1. The molecule has 0 aliphatic carbocycles. The van der Waals surface area contributed by atoms with Gasteiger partial charge in [-0.05, 0) is 38.3 Å². The second-order valence-electron chi connectivity index (χ2n) is 8.31. The van der Waals surface area contributed by atoms with E-state index < -0.39 is 0 Å². The lowest BCUT2D eigenvalue weighted by atomic mass is 9.98. The quantitative estimate of drug-likeness (QED) is 0.610. The number of aliphatic imine (C=N–C) groups is 1. The second kappa shape index (κ2) is 8.50. The van der Waals surface area contributed by atoms with Crippen LogP contribution in [0.3, 0.4) is 0 Å². The van der Waals surface area contributed by atoms with Crippen LogP contribution in [0.25, 0.3) is 0 Å². The fraction of sp³-hybridized carbons (Fsp3) is 0.522. The molecular weight excluding hydrogens is 376 g/mol. The van der Waals surface area contributed by atoms with Gasteiger partial charge in [0.15, 0.2) is 5.96 Å². The van der Waals surface area contributed by atoms with Gasteiger partial charge in [-0.3, -0.25) is 14.5 Å². The van der Waals surface area contributed by atoms with Crippen LogP contribution in [0.4, 0.5) is 5.69 Å². The molecule has 1 fully saturated rings. The van der Waals surface area contributed by atoms with E-state index in [1.165, 1.54) is 22.5 Å². The van der Waals surface area contributed by atoms with Crippen LogP contribution in [0.5, 0.6) is 0 Å². The molecule has 160 valence electrons. The molecular formula is C23H32N6O. The van der Waals surface area contributed by atoms with Gasteiger partial charge in [0.25, 0.3) is 0 Å². The van der Waals surface area contributed by atoms with Gasteiger partial charge in [0.05, 0.1) is 5.69 Å². The zero-order valence-electron chi connectivity index (χ0n) is 18.5. The summed E-state index contributed by atoms with van der Waals surface area (Å²) in [6, 6.07) is 8.58. The molecule has 0 saturated carbocycles. The van der Waals surface area contributed by atoms with Crippen LogP contribution >= 0.6 is 0 Å². The minimum Gasteiger partial charge on any atom is -0.352 e. The number of nitrogens with zero attached hydrogens (tertiary/aromatic N) is 5. The first-order valence-corrected chi connectivity index (χ1v) is 10.8. The fourth-order valence-corrected chi connectivity index (χ4v) is 4.73. The molecule has 3 heterocycles. The van der Waals surface area contributed by atoms with E-state index in [0.717, 1.165) is 44.1 Å². The van der Waals surface area contributed by atoms with E-state index >= 15 is 0 Å². The highest BCUT2D eigenvalue weighted by atomic mass is 16.2. The summed E-state index contributed by atoms with van der Waals surface area (Å²) < 4.78 is 1.93. The lowest BCUT2D eigenvalue weighted by Crippen LogP contribution is -2.41. The summed E-state index contributed by atoms with van der Waals surface area (Å²) in [6.45, 7) is 7.47. The smallest absolute Gasteiger partial charge is 0.222 e. The van der Waals surface area contributed by atoms with Crippen molar-refractivity contribution in [2.24, 2.45) is 12.0 Å². The highest BCUT2D eigenvalue weighted by molar-refractivity contribution is 5.98. The van der Waals surface area contributed by atoms with Gasteiger partial charge in [0.1, 0.15) is 0 Å². The van der Waals surface area contributed by atoms with Crippen molar-refractivity contribution in [3.05, 3.63) is 46.8 Å². The van der Waals surface area contributed by atoms with Gasteiger partial charge in [-0.1, -0.05) is 18.2 Å². The van der Waals surface area contributed by atoms with Crippen LogP contribution in [0, 0.1) is 13.8 Å². The van der Waals surface area contributed by atoms with Gasteiger partial charge in [0.2, 0.25) is 5.91 Å². The van der Waals surface area contributed by atoms with Crippen LogP contribution < -0.4 is 10.2 Å². The van der Waals surface area contributed by atoms with Crippen LogP contribution in [0.15, 0.2) is 29.3 Å². The molecule has 1 unspecified atom stereocenters. The lowest BCUT2D eigenvalue weighted by molar-refractivity contribution is -0.127. The number of para-hydroxylation sites is 1. The SMILES string of the molecule is CN=C(NCc1c(C)nn(C)c1C)N1CC(CCN2CCCC2=O)c2ccccc21. The highest BCUT2D eigenvalue weighted by Gasteiger charge is 2.32. The van der Waals surface area contributed by atoms with E-state index in [2.05, 4.69) is 51.5 Å². The third-order valence-corrected chi connectivity index (χ3v) is 6.54. The maximum atomic E-state index is 12.0. The van der Waals surface area contributed by atoms with Crippen LogP contribution in [0.2, 0.25) is 0 Å². The average Bonchev–Trinajstić information content (AvgIpc) is 3.39. The summed E-state index contributed by atoms with van der Waals surface area (Å²) >= 11 is 0. The van der Waals surface area contributed by atoms with E-state index in [9.17, 15) is 4.79 Å². The van der Waals surface area contributed by atoms with E-state index in [1.807, 2.05) is 30.6 Å². The Bertz CT molecular complexity index is 963. The summed E-state index contributed by atoms with van der Waals surface area (Å²) in [6.07, 6.45) is 2.68. The molecule has 1 atom stereocenters. The molecule has 0 spiro atoms. The maximum Gasteiger partial charge on any atom is 0.222 e. The molecule has 2 aliphatic rings. The molecule has 1 amide bonds. The van der Waals surface area contributed by atoms with Gasteiger partial charge < -0.3 is 15.1 Å². The molecule has 0 bridgehead atoms. The Morgan fingerprint density at radius 1 is 1.30 bits per heavy atom. The van der Waals surface area contributed by atoms with Crippen molar-refractivity contribution in [2.45, 2.75) is 45.6 Å². The molecule has 4 rings (SSSR count). The summed E-state index contributed by atoms with van der Waals surface area (Å²) in [5, 5.41) is 8.07. The highest BCUT2D eigenvalue weighted by Crippen LogP contribution is 2.38. The summed E-state index contributed by atoms with van der Waals surface area (Å²) in [7, 11) is 3.82. The topological polar surface area (TPSA) is 65.8 Å². The first-order chi connectivity index (χ1) is 14.5. The maximum absolute atomic E-state index is 12.0. The Morgan fingerprint density at radius 3 is 2.77 bits per heavy atom. The largest absolute Gasteiger partial charge is 0.352 e. The fourth-order valence-electron chi connectivity index (χ4n) is 4.73. The Hall–Kier alpha value is -2.83. The molecule has 1 aromatic heterocycles. The van der Waals surface area contributed by atoms with Crippen LogP contribution in [0.1, 0.15) is 47.7 Å². The number of rotatable bonds is 5. The van der Waals surface area contributed by atoms with Crippen LogP contribution in [-0.4, -0.2) is 53.2 Å². The predicted octanol–water partition coefficient (Wildman–Crippen LogP) is 2.73. The third-order valence-electron chi connectivity index (χ3n) is 6.54. The Labute approximate surface area is 178 Å². The van der Waals surface area contributed by atoms with E-state index in [1.54, 1.807) is 0 Å². The zero-order chi connectivity index (χ0) is 21.3. The van der Waals surface area contributed by atoms with Gasteiger partial charge in [-0.15, -0.1) is 0 Å². The monoisotopic (exact) mass is 408 g/mol. The number of aryl methyl sites for hydroxylation is 2. The number of hydrogen-bond donors (Lipinski definition) is 1. The number of guanidine groups is 1. The van der Waals surface area contributed by atoms with E-state index in [4.69, 9.17) is 0 Å². The van der Waals surface area contributed by atoms with Crippen molar-refractivity contribution in [1.29, 1.82) is 0 Å². The molecule has 30 heavy (non-hydrogen) atoms. The minimum atomic E-state index is 0.304. The summed E-state index contributed by atoms with van der Waals surface area (Å²) in [5.74, 6) is 1.58. The standard InChI is InChI=1S/C23H32N6O/c1-16-20(17(2)27(4)26-16)14-25-23(24-3)29-15-18(19-8-5-6-9-21(19)29)11-13-28-12-7-10-22(28)30/h5-6,8-9,18H,7,10-15H2,1-4H3,(H,24,25). The third kappa shape index (κ3) is 3.80. The van der Waals surface area contributed by atoms with Crippen molar-refractivity contribution in [3.8, 4) is 0 Å². The number of carbonyl (C=O) groups is 1. The van der Waals surface area contributed by atoms with E-state index in [0.29, 0.717) is 24.8 Å². The molecule has 2 aromatic rings. The predicted molar refractivity (Wildman–Crippen MR) is 120 cm³/mol. The van der Waals surface area contributed by atoms with Gasteiger partial charge >= 0.3 is 0 Å². The average molecular weight is 409 g/mol. The van der Waals surface area contributed by atoms with Crippen molar-refractivity contribution >= 4 is 17.6 Å². The van der Waals surface area contributed by atoms with Crippen molar-refractivity contribution in [3.63, 3.8) is 0 Å². The number of nitrogens with one attached hydrogen (secondary N) is 1. The second-order valence-corrected chi connectivity index (χ2v) is 8.31. The van der Waals surface area contributed by atoms with Gasteiger partial charge in [-0.25, -0.2) is 0 Å². The van der Waals surface area contributed by atoms with Gasteiger partial charge in [-0.2, -0.15) is 5.10 Å². The molecule has 7 heteroatoms. The lowest BCUT2D eigenvalue weighted by Gasteiger charge is -2.23. The van der Waals surface area contributed by atoms with Crippen LogP contribution in [-0.2, 0) is 18.4 Å². The van der Waals surface area contributed by atoms with Gasteiger partial charge in [0, 0.05) is 69.6 Å². The molecule has 1 aromatic carbocycles. The first-order valence-electron chi connectivity index (χ1n) is 10.8. The Balaban J connectivity index is 1.48. The molecule has 0 radical (unpaired) electrons. The van der Waals surface area contributed by atoms with Crippen molar-refractivity contribution in [1.82, 2.24) is 20.0 Å². The number of amides is 1.